The minimum atomic E-state index is 0.0368. The van der Waals surface area contributed by atoms with Gasteiger partial charge in [-0.3, -0.25) is 9.48 Å². The van der Waals surface area contributed by atoms with Crippen LogP contribution in [0.25, 0.3) is 0 Å². The predicted molar refractivity (Wildman–Crippen MR) is 84.0 cm³/mol. The van der Waals surface area contributed by atoms with Crippen molar-refractivity contribution in [2.75, 3.05) is 0 Å². The number of hydrogen-bond donors (Lipinski definition) is 1. The number of benzene rings is 1. The van der Waals surface area contributed by atoms with Gasteiger partial charge in [-0.25, -0.2) is 0 Å². The molecule has 1 aromatic heterocycles. The third kappa shape index (κ3) is 3.72. The normalized spacial score (nSPS) is 12.2. The lowest BCUT2D eigenvalue weighted by atomic mass is 10.1. The fourth-order valence-electron chi connectivity index (χ4n) is 2.56. The molecule has 4 nitrogen and oxygen atoms in total. The number of aryl methyl sites for hydroxylation is 2. The number of rotatable bonds is 5. The van der Waals surface area contributed by atoms with Crippen LogP contribution in [-0.4, -0.2) is 15.7 Å². The number of carbonyl (C=O) groups is 1. The monoisotopic (exact) mass is 285 g/mol. The van der Waals surface area contributed by atoms with Gasteiger partial charge in [0.15, 0.2) is 0 Å². The number of nitrogens with one attached hydrogen (secondary N) is 1. The summed E-state index contributed by atoms with van der Waals surface area (Å²) in [6.45, 7) is 6.04. The molecule has 1 aromatic carbocycles. The van der Waals surface area contributed by atoms with Crippen molar-refractivity contribution in [1.82, 2.24) is 15.1 Å². The highest BCUT2D eigenvalue weighted by molar-refractivity contribution is 5.76. The molecule has 1 atom stereocenters. The van der Waals surface area contributed by atoms with E-state index in [2.05, 4.69) is 10.4 Å². The first-order valence-corrected chi connectivity index (χ1v) is 7.32. The zero-order valence-electron chi connectivity index (χ0n) is 13.2. The molecule has 112 valence electrons. The molecular weight excluding hydrogens is 262 g/mol. The lowest BCUT2D eigenvalue weighted by molar-refractivity contribution is -0.121. The molecule has 0 aliphatic carbocycles. The Labute approximate surface area is 126 Å². The predicted octanol–water partition coefficient (Wildman–Crippen LogP) is 2.85. The molecule has 1 N–H and O–H groups in total. The zero-order valence-corrected chi connectivity index (χ0v) is 13.2. The summed E-state index contributed by atoms with van der Waals surface area (Å²) >= 11 is 0. The summed E-state index contributed by atoms with van der Waals surface area (Å²) in [5.41, 5.74) is 4.45. The first-order valence-electron chi connectivity index (χ1n) is 7.32. The van der Waals surface area contributed by atoms with Gasteiger partial charge in [0, 0.05) is 19.2 Å². The summed E-state index contributed by atoms with van der Waals surface area (Å²) < 4.78 is 1.87. The van der Waals surface area contributed by atoms with E-state index in [1.165, 1.54) is 5.56 Å². The average Bonchev–Trinajstić information content (AvgIpc) is 2.71. The molecule has 0 radical (unpaired) electrons. The SMILES string of the molecule is Cc1nn(C)c(C)c1CCC(=O)N[C@@H](C)c1ccccc1. The van der Waals surface area contributed by atoms with Crippen molar-refractivity contribution < 1.29 is 4.79 Å². The van der Waals surface area contributed by atoms with E-state index >= 15 is 0 Å². The van der Waals surface area contributed by atoms with Crippen LogP contribution in [0.15, 0.2) is 30.3 Å². The number of carbonyl (C=O) groups excluding carboxylic acids is 1. The first kappa shape index (κ1) is 15.3. The summed E-state index contributed by atoms with van der Waals surface area (Å²) in [5, 5.41) is 7.43. The summed E-state index contributed by atoms with van der Waals surface area (Å²) in [7, 11) is 1.93. The molecule has 2 aromatic rings. The Morgan fingerprint density at radius 3 is 2.52 bits per heavy atom. The van der Waals surface area contributed by atoms with Crippen molar-refractivity contribution in [2.24, 2.45) is 7.05 Å². The van der Waals surface area contributed by atoms with Crippen LogP contribution in [0.4, 0.5) is 0 Å². The van der Waals surface area contributed by atoms with Gasteiger partial charge in [0.25, 0.3) is 0 Å². The maximum absolute atomic E-state index is 12.1. The fraction of sp³-hybridized carbons (Fsp3) is 0.412. The van der Waals surface area contributed by atoms with Gasteiger partial charge in [0.1, 0.15) is 0 Å². The quantitative estimate of drug-likeness (QED) is 0.918. The van der Waals surface area contributed by atoms with Gasteiger partial charge in [0.2, 0.25) is 5.91 Å². The molecule has 1 heterocycles. The van der Waals surface area contributed by atoms with Crippen molar-refractivity contribution in [3.63, 3.8) is 0 Å². The largest absolute Gasteiger partial charge is 0.350 e. The van der Waals surface area contributed by atoms with E-state index in [1.807, 2.05) is 62.8 Å². The molecular formula is C17H23N3O. The molecule has 0 aliphatic heterocycles. The third-order valence-electron chi connectivity index (χ3n) is 3.94. The van der Waals surface area contributed by atoms with E-state index in [9.17, 15) is 4.79 Å². The van der Waals surface area contributed by atoms with E-state index in [0.717, 1.165) is 23.4 Å². The molecule has 0 fully saturated rings. The smallest absolute Gasteiger partial charge is 0.220 e. The molecule has 4 heteroatoms. The molecule has 2 rings (SSSR count). The van der Waals surface area contributed by atoms with Crippen LogP contribution in [0.3, 0.4) is 0 Å². The summed E-state index contributed by atoms with van der Waals surface area (Å²) in [4.78, 5) is 12.1. The second-order valence-electron chi connectivity index (χ2n) is 5.47. The minimum Gasteiger partial charge on any atom is -0.350 e. The van der Waals surface area contributed by atoms with E-state index < -0.39 is 0 Å². The van der Waals surface area contributed by atoms with Gasteiger partial charge in [-0.2, -0.15) is 5.10 Å². The second kappa shape index (κ2) is 6.57. The number of hydrogen-bond acceptors (Lipinski definition) is 2. The molecule has 1 amide bonds. The van der Waals surface area contributed by atoms with Crippen molar-refractivity contribution in [1.29, 1.82) is 0 Å². The number of aromatic nitrogens is 2. The first-order chi connectivity index (χ1) is 9.99. The Kier molecular flexibility index (Phi) is 4.78. The van der Waals surface area contributed by atoms with Gasteiger partial charge in [0.05, 0.1) is 11.7 Å². The van der Waals surface area contributed by atoms with E-state index in [-0.39, 0.29) is 11.9 Å². The van der Waals surface area contributed by atoms with E-state index in [4.69, 9.17) is 0 Å². The average molecular weight is 285 g/mol. The summed E-state index contributed by atoms with van der Waals surface area (Å²) in [5.74, 6) is 0.0778. The topological polar surface area (TPSA) is 46.9 Å². The van der Waals surface area contributed by atoms with Gasteiger partial charge in [-0.15, -0.1) is 0 Å². The lowest BCUT2D eigenvalue weighted by Crippen LogP contribution is -2.26. The number of nitrogens with zero attached hydrogens (tertiary/aromatic N) is 2. The van der Waals surface area contributed by atoms with Gasteiger partial charge in [-0.05, 0) is 38.3 Å². The highest BCUT2D eigenvalue weighted by Gasteiger charge is 2.13. The van der Waals surface area contributed by atoms with Crippen molar-refractivity contribution in [2.45, 2.75) is 39.7 Å². The Balaban J connectivity index is 1.91. The second-order valence-corrected chi connectivity index (χ2v) is 5.47. The van der Waals surface area contributed by atoms with E-state index in [1.54, 1.807) is 0 Å². The maximum atomic E-state index is 12.1. The fourth-order valence-corrected chi connectivity index (χ4v) is 2.56. The highest BCUT2D eigenvalue weighted by atomic mass is 16.1. The molecule has 0 saturated carbocycles. The van der Waals surface area contributed by atoms with Crippen LogP contribution in [-0.2, 0) is 18.3 Å². The van der Waals surface area contributed by atoms with Crippen molar-refractivity contribution in [3.8, 4) is 0 Å². The lowest BCUT2D eigenvalue weighted by Gasteiger charge is -2.14. The minimum absolute atomic E-state index is 0.0368. The number of amides is 1. The van der Waals surface area contributed by atoms with Crippen LogP contribution in [0.1, 0.15) is 41.9 Å². The molecule has 0 spiro atoms. The van der Waals surface area contributed by atoms with Crippen LogP contribution in [0, 0.1) is 13.8 Å². The van der Waals surface area contributed by atoms with Crippen molar-refractivity contribution in [3.05, 3.63) is 52.8 Å². The van der Waals surface area contributed by atoms with Gasteiger partial charge < -0.3 is 5.32 Å². The molecule has 0 unspecified atom stereocenters. The van der Waals surface area contributed by atoms with Crippen LogP contribution >= 0.6 is 0 Å². The Bertz CT molecular complexity index is 616. The summed E-state index contributed by atoms with van der Waals surface area (Å²) in [6.07, 6.45) is 1.23. The summed E-state index contributed by atoms with van der Waals surface area (Å²) in [6, 6.07) is 10.0. The Morgan fingerprint density at radius 1 is 1.29 bits per heavy atom. The molecule has 0 aliphatic rings. The van der Waals surface area contributed by atoms with Crippen LogP contribution in [0.2, 0.25) is 0 Å². The van der Waals surface area contributed by atoms with Crippen LogP contribution in [0.5, 0.6) is 0 Å². The van der Waals surface area contributed by atoms with Crippen molar-refractivity contribution >= 4 is 5.91 Å². The third-order valence-corrected chi connectivity index (χ3v) is 3.94. The Hall–Kier alpha value is -2.10. The van der Waals surface area contributed by atoms with Crippen LogP contribution < -0.4 is 5.32 Å². The standard InChI is InChI=1S/C17H23N3O/c1-12(15-8-6-5-7-9-15)18-17(21)11-10-16-13(2)19-20(4)14(16)3/h5-9,12H,10-11H2,1-4H3,(H,18,21)/t12-/m0/s1. The molecule has 0 bridgehead atoms. The zero-order chi connectivity index (χ0) is 15.4. The highest BCUT2D eigenvalue weighted by Crippen LogP contribution is 2.15. The molecule has 21 heavy (non-hydrogen) atoms. The van der Waals surface area contributed by atoms with E-state index in [0.29, 0.717) is 6.42 Å². The maximum Gasteiger partial charge on any atom is 0.220 e. The van der Waals surface area contributed by atoms with Gasteiger partial charge >= 0.3 is 0 Å². The van der Waals surface area contributed by atoms with Gasteiger partial charge in [-0.1, -0.05) is 30.3 Å². The Morgan fingerprint density at radius 2 is 1.95 bits per heavy atom. The molecule has 0 saturated heterocycles.